The Hall–Kier alpha value is -4.86. The Balaban J connectivity index is 1.28. The normalized spacial score (nSPS) is 17.5. The Morgan fingerprint density at radius 3 is 2.11 bits per heavy atom. The van der Waals surface area contributed by atoms with Crippen molar-refractivity contribution in [2.75, 3.05) is 20.8 Å². The topological polar surface area (TPSA) is 166 Å². The van der Waals surface area contributed by atoms with E-state index in [1.807, 2.05) is 48.5 Å². The Morgan fingerprint density at radius 2 is 1.56 bits per heavy atom. The van der Waals surface area contributed by atoms with Gasteiger partial charge in [-0.1, -0.05) is 30.3 Å². The standard InChI is InChI=1S/C30H32N4O10S/c1-19-12-25(33-16-26(19)34(30(33)36)44-45(37,38)39)29(35)32-14-22-13-27(42-17-20-4-8-23(40-2)9-5-20)28(15-31-22)43-18-21-6-10-24(41-3)11-7-21/h4-13,15,25-26H,14,16-18H2,1-3H3,(H,32,35)(H,37,38,39). The Bertz CT molecular complexity index is 1680. The molecule has 5 rings (SSSR count). The van der Waals surface area contributed by atoms with E-state index in [9.17, 15) is 18.0 Å². The zero-order valence-corrected chi connectivity index (χ0v) is 25.5. The molecule has 3 heterocycles. The van der Waals surface area contributed by atoms with Crippen LogP contribution in [0.1, 0.15) is 23.7 Å². The zero-order valence-electron chi connectivity index (χ0n) is 24.7. The van der Waals surface area contributed by atoms with Crippen LogP contribution in [0.25, 0.3) is 0 Å². The summed E-state index contributed by atoms with van der Waals surface area (Å²) in [4.78, 5) is 31.6. The van der Waals surface area contributed by atoms with E-state index in [4.69, 9.17) is 23.5 Å². The second-order valence-electron chi connectivity index (χ2n) is 10.2. The second kappa shape index (κ2) is 13.4. The number of hydrogen-bond acceptors (Lipinski definition) is 10. The molecule has 1 saturated heterocycles. The van der Waals surface area contributed by atoms with Crippen molar-refractivity contribution in [3.05, 3.63) is 89.3 Å². The highest BCUT2D eigenvalue weighted by Crippen LogP contribution is 2.32. The van der Waals surface area contributed by atoms with Gasteiger partial charge in [-0.25, -0.2) is 4.79 Å². The predicted molar refractivity (Wildman–Crippen MR) is 159 cm³/mol. The van der Waals surface area contributed by atoms with E-state index in [0.29, 0.717) is 27.8 Å². The second-order valence-corrected chi connectivity index (χ2v) is 11.3. The first-order valence-corrected chi connectivity index (χ1v) is 15.1. The lowest BCUT2D eigenvalue weighted by atomic mass is 10.0. The first-order chi connectivity index (χ1) is 21.5. The number of amides is 3. The van der Waals surface area contributed by atoms with Gasteiger partial charge in [0.25, 0.3) is 0 Å². The van der Waals surface area contributed by atoms with E-state index in [1.165, 1.54) is 6.20 Å². The number of urea groups is 1. The SMILES string of the molecule is COc1ccc(COc2cnc(CNC(=O)C3C=C(C)C4CN3C(=O)N4OS(=O)(=O)O)cc2OCc2ccc(OC)cc2)cc1. The molecule has 2 aliphatic rings. The fourth-order valence-electron chi connectivity index (χ4n) is 4.84. The highest BCUT2D eigenvalue weighted by molar-refractivity contribution is 7.80. The van der Waals surface area contributed by atoms with Gasteiger partial charge < -0.3 is 29.2 Å². The van der Waals surface area contributed by atoms with Gasteiger partial charge in [0.15, 0.2) is 11.5 Å². The number of nitrogens with one attached hydrogen (secondary N) is 1. The largest absolute Gasteiger partial charge is 0.497 e. The highest BCUT2D eigenvalue weighted by atomic mass is 32.3. The summed E-state index contributed by atoms with van der Waals surface area (Å²) in [6.07, 6.45) is 3.06. The molecule has 14 nitrogen and oxygen atoms in total. The number of hydroxylamine groups is 2. The van der Waals surface area contributed by atoms with E-state index in [-0.39, 0.29) is 26.3 Å². The number of carbonyl (C=O) groups excluding carboxylic acids is 2. The lowest BCUT2D eigenvalue weighted by molar-refractivity contribution is -0.124. The molecule has 45 heavy (non-hydrogen) atoms. The lowest BCUT2D eigenvalue weighted by Gasteiger charge is -2.27. The summed E-state index contributed by atoms with van der Waals surface area (Å²) in [6.45, 7) is 2.12. The van der Waals surface area contributed by atoms with E-state index in [1.54, 1.807) is 33.3 Å². The number of ether oxygens (including phenoxy) is 4. The summed E-state index contributed by atoms with van der Waals surface area (Å²) in [5.74, 6) is 1.73. The van der Waals surface area contributed by atoms with Gasteiger partial charge >= 0.3 is 16.4 Å². The number of hydrogen-bond donors (Lipinski definition) is 2. The summed E-state index contributed by atoms with van der Waals surface area (Å²) in [6, 6.07) is 13.9. The molecule has 2 unspecified atom stereocenters. The fourth-order valence-corrected chi connectivity index (χ4v) is 5.21. The van der Waals surface area contributed by atoms with E-state index in [0.717, 1.165) is 27.5 Å². The first kappa shape index (κ1) is 31.6. The van der Waals surface area contributed by atoms with Crippen LogP contribution in [0.4, 0.5) is 4.79 Å². The smallest absolute Gasteiger partial charge is 0.418 e. The third-order valence-electron chi connectivity index (χ3n) is 7.25. The zero-order chi connectivity index (χ0) is 32.1. The molecule has 2 bridgehead atoms. The van der Waals surface area contributed by atoms with Gasteiger partial charge in [0.1, 0.15) is 36.8 Å². The molecule has 0 aliphatic carbocycles. The van der Waals surface area contributed by atoms with Crippen LogP contribution < -0.4 is 24.3 Å². The van der Waals surface area contributed by atoms with Crippen molar-refractivity contribution in [2.24, 2.45) is 0 Å². The molecular formula is C30H32N4O10S. The number of carbonyl (C=O) groups is 2. The molecule has 0 radical (unpaired) electrons. The summed E-state index contributed by atoms with van der Waals surface area (Å²) in [7, 11) is -1.75. The molecule has 238 valence electrons. The van der Waals surface area contributed by atoms with Gasteiger partial charge in [-0.2, -0.15) is 13.5 Å². The third-order valence-corrected chi connectivity index (χ3v) is 7.60. The van der Waals surface area contributed by atoms with Gasteiger partial charge in [0, 0.05) is 6.07 Å². The van der Waals surface area contributed by atoms with Crippen LogP contribution in [0, 0.1) is 0 Å². The molecule has 15 heteroatoms. The van der Waals surface area contributed by atoms with Crippen LogP contribution >= 0.6 is 0 Å². The number of aromatic nitrogens is 1. The third kappa shape index (κ3) is 7.63. The van der Waals surface area contributed by atoms with E-state index in [2.05, 4.69) is 14.6 Å². The summed E-state index contributed by atoms with van der Waals surface area (Å²) in [5.41, 5.74) is 2.79. The molecular weight excluding hydrogens is 608 g/mol. The fraction of sp³-hybridized carbons (Fsp3) is 0.300. The Kier molecular flexibility index (Phi) is 9.41. The van der Waals surface area contributed by atoms with Crippen molar-refractivity contribution in [1.82, 2.24) is 20.3 Å². The maximum atomic E-state index is 13.2. The van der Waals surface area contributed by atoms with Crippen LogP contribution in [0.5, 0.6) is 23.0 Å². The lowest BCUT2D eigenvalue weighted by Crippen LogP contribution is -2.48. The van der Waals surface area contributed by atoms with Gasteiger partial charge in [0.2, 0.25) is 5.91 Å². The number of methoxy groups -OCH3 is 2. The molecule has 1 aromatic heterocycles. The van der Waals surface area contributed by atoms with Crippen LogP contribution in [0.2, 0.25) is 0 Å². The summed E-state index contributed by atoms with van der Waals surface area (Å²) < 4.78 is 58.6. The van der Waals surface area contributed by atoms with Crippen molar-refractivity contribution in [3.63, 3.8) is 0 Å². The minimum absolute atomic E-state index is 0.00340. The van der Waals surface area contributed by atoms with Crippen LogP contribution in [-0.4, -0.2) is 72.7 Å². The average Bonchev–Trinajstić information content (AvgIpc) is 3.30. The molecule has 2 N–H and O–H groups in total. The monoisotopic (exact) mass is 640 g/mol. The van der Waals surface area contributed by atoms with Crippen LogP contribution in [0.15, 0.2) is 72.4 Å². The number of rotatable bonds is 13. The molecule has 2 aliphatic heterocycles. The van der Waals surface area contributed by atoms with E-state index >= 15 is 0 Å². The molecule has 1 fully saturated rings. The molecule has 0 spiro atoms. The average molecular weight is 641 g/mol. The van der Waals surface area contributed by atoms with Gasteiger partial charge in [-0.05, 0) is 47.9 Å². The van der Waals surface area contributed by atoms with Gasteiger partial charge in [0.05, 0.1) is 39.2 Å². The summed E-state index contributed by atoms with van der Waals surface area (Å²) in [5, 5.41) is 3.32. The maximum Gasteiger partial charge on any atom is 0.418 e. The molecule has 2 atom stereocenters. The maximum absolute atomic E-state index is 13.2. The number of fused-ring (bicyclic) bond motifs is 2. The predicted octanol–water partition coefficient (Wildman–Crippen LogP) is 3.04. The van der Waals surface area contributed by atoms with Crippen LogP contribution in [-0.2, 0) is 39.2 Å². The number of benzene rings is 2. The number of pyridine rings is 1. The van der Waals surface area contributed by atoms with Crippen LogP contribution in [0.3, 0.4) is 0 Å². The first-order valence-electron chi connectivity index (χ1n) is 13.8. The van der Waals surface area contributed by atoms with Crippen molar-refractivity contribution >= 4 is 22.3 Å². The minimum Gasteiger partial charge on any atom is -0.497 e. The van der Waals surface area contributed by atoms with Gasteiger partial charge in [-0.3, -0.25) is 14.3 Å². The molecule has 3 amide bonds. The van der Waals surface area contributed by atoms with Gasteiger partial charge in [-0.15, -0.1) is 4.28 Å². The van der Waals surface area contributed by atoms with Crippen molar-refractivity contribution in [1.29, 1.82) is 0 Å². The Labute approximate surface area is 260 Å². The Morgan fingerprint density at radius 1 is 0.978 bits per heavy atom. The molecule has 3 aromatic rings. The van der Waals surface area contributed by atoms with Crippen molar-refractivity contribution in [2.45, 2.75) is 38.8 Å². The quantitative estimate of drug-likeness (QED) is 0.208. The summed E-state index contributed by atoms with van der Waals surface area (Å²) >= 11 is 0. The molecule has 0 saturated carbocycles. The highest BCUT2D eigenvalue weighted by Gasteiger charge is 2.49. The number of nitrogens with zero attached hydrogens (tertiary/aromatic N) is 3. The van der Waals surface area contributed by atoms with Crippen molar-refractivity contribution in [3.8, 4) is 23.0 Å². The van der Waals surface area contributed by atoms with Crippen molar-refractivity contribution < 1.29 is 45.8 Å². The molecule has 2 aromatic carbocycles. The van der Waals surface area contributed by atoms with E-state index < -0.39 is 34.4 Å². The minimum atomic E-state index is -4.93.